The molecule has 1 N–H and O–H groups in total. The van der Waals surface area contributed by atoms with E-state index in [0.29, 0.717) is 11.4 Å². The number of anilines is 2. The molecule has 2 saturated heterocycles. The SMILES string of the molecule is COc1ccc(N2C(=O)NC(=O)[C@]3(Cc4ccccc4N4CCC[C@@H]43)C2=O)cc1. The van der Waals surface area contributed by atoms with Gasteiger partial charge in [-0.15, -0.1) is 0 Å². The van der Waals surface area contributed by atoms with Gasteiger partial charge in [-0.25, -0.2) is 9.69 Å². The fraction of sp³-hybridized carbons (Fsp3) is 0.318. The van der Waals surface area contributed by atoms with Crippen molar-refractivity contribution in [3.63, 3.8) is 0 Å². The Labute approximate surface area is 168 Å². The second kappa shape index (κ2) is 6.34. The Kier molecular flexibility index (Phi) is 3.87. The first-order valence-electron chi connectivity index (χ1n) is 9.75. The standard InChI is InChI=1S/C22H21N3O4/c1-29-16-10-8-15(9-11-16)25-20(27)22(19(26)23-21(25)28)13-14-5-2-3-6-17(14)24-12-4-7-18(22)24/h2-3,5-6,8-11,18H,4,7,12-13H2,1H3,(H,23,26,28)/t18-,22-/m1/s1. The molecule has 4 amide bonds. The van der Waals surface area contributed by atoms with Crippen molar-refractivity contribution in [1.82, 2.24) is 5.32 Å². The molecule has 148 valence electrons. The molecule has 7 nitrogen and oxygen atoms in total. The maximum Gasteiger partial charge on any atom is 0.335 e. The van der Waals surface area contributed by atoms with Crippen LogP contribution in [-0.4, -0.2) is 37.5 Å². The Bertz CT molecular complexity index is 1020. The lowest BCUT2D eigenvalue weighted by molar-refractivity contribution is -0.144. The van der Waals surface area contributed by atoms with E-state index in [1.165, 1.54) is 0 Å². The van der Waals surface area contributed by atoms with E-state index in [2.05, 4.69) is 10.2 Å². The minimum Gasteiger partial charge on any atom is -0.497 e. The molecule has 7 heteroatoms. The molecule has 1 spiro atoms. The number of benzene rings is 2. The number of ether oxygens (including phenoxy) is 1. The number of nitrogens with zero attached hydrogens (tertiary/aromatic N) is 2. The highest BCUT2D eigenvalue weighted by Crippen LogP contribution is 2.48. The van der Waals surface area contributed by atoms with Crippen LogP contribution in [0.4, 0.5) is 16.2 Å². The maximum atomic E-state index is 13.8. The van der Waals surface area contributed by atoms with Crippen LogP contribution >= 0.6 is 0 Å². The molecule has 2 aromatic carbocycles. The summed E-state index contributed by atoms with van der Waals surface area (Å²) in [6.07, 6.45) is 1.92. The van der Waals surface area contributed by atoms with Gasteiger partial charge in [-0.1, -0.05) is 18.2 Å². The predicted molar refractivity (Wildman–Crippen MR) is 107 cm³/mol. The normalized spacial score (nSPS) is 25.7. The van der Waals surface area contributed by atoms with Crippen LogP contribution in [0.25, 0.3) is 0 Å². The molecular weight excluding hydrogens is 370 g/mol. The fourth-order valence-electron chi connectivity index (χ4n) is 5.00. The zero-order valence-electron chi connectivity index (χ0n) is 16.1. The lowest BCUT2D eigenvalue weighted by Gasteiger charge is -2.49. The van der Waals surface area contributed by atoms with Crippen molar-refractivity contribution in [1.29, 1.82) is 0 Å². The average molecular weight is 391 g/mol. The summed E-state index contributed by atoms with van der Waals surface area (Å²) in [6, 6.07) is 13.6. The number of hydrogen-bond donors (Lipinski definition) is 1. The molecule has 2 aromatic rings. The van der Waals surface area contributed by atoms with Gasteiger partial charge in [0.1, 0.15) is 5.75 Å². The molecule has 0 bridgehead atoms. The highest BCUT2D eigenvalue weighted by Gasteiger charge is 2.62. The second-order valence-corrected chi connectivity index (χ2v) is 7.73. The van der Waals surface area contributed by atoms with Crippen molar-refractivity contribution in [3.8, 4) is 5.75 Å². The van der Waals surface area contributed by atoms with Gasteiger partial charge in [-0.3, -0.25) is 14.9 Å². The number of hydrogen-bond acceptors (Lipinski definition) is 5. The fourth-order valence-corrected chi connectivity index (χ4v) is 5.00. The lowest BCUT2D eigenvalue weighted by atomic mass is 9.68. The van der Waals surface area contributed by atoms with Crippen molar-refractivity contribution in [2.45, 2.75) is 25.3 Å². The number of imide groups is 2. The van der Waals surface area contributed by atoms with Crippen LogP contribution < -0.4 is 19.9 Å². The Hall–Kier alpha value is -3.35. The third kappa shape index (κ3) is 2.40. The van der Waals surface area contributed by atoms with E-state index in [-0.39, 0.29) is 12.5 Å². The molecule has 29 heavy (non-hydrogen) atoms. The van der Waals surface area contributed by atoms with E-state index in [9.17, 15) is 14.4 Å². The number of para-hydroxylation sites is 1. The van der Waals surface area contributed by atoms with E-state index in [1.54, 1.807) is 31.4 Å². The highest BCUT2D eigenvalue weighted by molar-refractivity contribution is 6.30. The van der Waals surface area contributed by atoms with Crippen molar-refractivity contribution < 1.29 is 19.1 Å². The van der Waals surface area contributed by atoms with E-state index < -0.39 is 23.3 Å². The average Bonchev–Trinajstić information content (AvgIpc) is 3.23. The van der Waals surface area contributed by atoms with Crippen LogP contribution in [0.1, 0.15) is 18.4 Å². The maximum absolute atomic E-state index is 13.8. The minimum absolute atomic E-state index is 0.265. The summed E-state index contributed by atoms with van der Waals surface area (Å²) in [4.78, 5) is 42.9. The van der Waals surface area contributed by atoms with Gasteiger partial charge in [-0.2, -0.15) is 0 Å². The van der Waals surface area contributed by atoms with Gasteiger partial charge >= 0.3 is 6.03 Å². The summed E-state index contributed by atoms with van der Waals surface area (Å²) in [6.45, 7) is 0.792. The number of methoxy groups -OCH3 is 1. The summed E-state index contributed by atoms with van der Waals surface area (Å²) < 4.78 is 5.17. The van der Waals surface area contributed by atoms with Crippen LogP contribution in [0.3, 0.4) is 0 Å². The van der Waals surface area contributed by atoms with Gasteiger partial charge < -0.3 is 9.64 Å². The van der Waals surface area contributed by atoms with Crippen molar-refractivity contribution in [2.24, 2.45) is 5.41 Å². The van der Waals surface area contributed by atoms with Crippen molar-refractivity contribution in [3.05, 3.63) is 54.1 Å². The molecule has 0 aromatic heterocycles. The van der Waals surface area contributed by atoms with Gasteiger partial charge in [0, 0.05) is 12.2 Å². The molecule has 2 fully saturated rings. The molecule has 3 aliphatic rings. The zero-order chi connectivity index (χ0) is 20.2. The quantitative estimate of drug-likeness (QED) is 0.796. The number of carbonyl (C=O) groups is 3. The molecule has 3 heterocycles. The summed E-state index contributed by atoms with van der Waals surface area (Å²) in [5.41, 5.74) is 1.13. The number of barbiturate groups is 1. The minimum atomic E-state index is -1.32. The first-order chi connectivity index (χ1) is 14.1. The number of nitrogens with one attached hydrogen (secondary N) is 1. The van der Waals surface area contributed by atoms with Crippen LogP contribution in [0, 0.1) is 5.41 Å². The van der Waals surface area contributed by atoms with Crippen molar-refractivity contribution >= 4 is 29.2 Å². The topological polar surface area (TPSA) is 79.0 Å². The molecule has 0 saturated carbocycles. The van der Waals surface area contributed by atoms with E-state index >= 15 is 0 Å². The van der Waals surface area contributed by atoms with E-state index in [4.69, 9.17) is 4.74 Å². The van der Waals surface area contributed by atoms with Crippen LogP contribution in [0.2, 0.25) is 0 Å². The molecule has 3 aliphatic heterocycles. The second-order valence-electron chi connectivity index (χ2n) is 7.73. The zero-order valence-corrected chi connectivity index (χ0v) is 16.1. The first kappa shape index (κ1) is 17.7. The third-order valence-corrected chi connectivity index (χ3v) is 6.34. The first-order valence-corrected chi connectivity index (χ1v) is 9.75. The number of rotatable bonds is 2. The Morgan fingerprint density at radius 3 is 2.59 bits per heavy atom. The van der Waals surface area contributed by atoms with E-state index in [0.717, 1.165) is 35.5 Å². The summed E-state index contributed by atoms with van der Waals surface area (Å²) >= 11 is 0. The number of urea groups is 1. The van der Waals surface area contributed by atoms with Crippen molar-refractivity contribution in [2.75, 3.05) is 23.5 Å². The van der Waals surface area contributed by atoms with Crippen LogP contribution in [-0.2, 0) is 16.0 Å². The van der Waals surface area contributed by atoms with Gasteiger partial charge in [-0.05, 0) is 55.2 Å². The third-order valence-electron chi connectivity index (χ3n) is 6.34. The predicted octanol–water partition coefficient (Wildman–Crippen LogP) is 2.49. The number of fused-ring (bicyclic) bond motifs is 4. The Balaban J connectivity index is 1.62. The monoisotopic (exact) mass is 391 g/mol. The molecule has 0 unspecified atom stereocenters. The summed E-state index contributed by atoms with van der Waals surface area (Å²) in [7, 11) is 1.55. The van der Waals surface area contributed by atoms with Gasteiger partial charge in [0.05, 0.1) is 18.8 Å². The molecule has 0 radical (unpaired) electrons. The van der Waals surface area contributed by atoms with Crippen LogP contribution in [0.5, 0.6) is 5.75 Å². The highest BCUT2D eigenvalue weighted by atomic mass is 16.5. The van der Waals surface area contributed by atoms with Gasteiger partial charge in [0.25, 0.3) is 5.91 Å². The summed E-state index contributed by atoms with van der Waals surface area (Å²) in [5, 5.41) is 2.46. The van der Waals surface area contributed by atoms with E-state index in [1.807, 2.05) is 24.3 Å². The Morgan fingerprint density at radius 1 is 1.07 bits per heavy atom. The molecule has 5 rings (SSSR count). The van der Waals surface area contributed by atoms with Gasteiger partial charge in [0.15, 0.2) is 5.41 Å². The lowest BCUT2D eigenvalue weighted by Crippen LogP contribution is -2.71. The molecule has 2 atom stereocenters. The number of amides is 4. The molecule has 0 aliphatic carbocycles. The largest absolute Gasteiger partial charge is 0.497 e. The number of carbonyl (C=O) groups excluding carboxylic acids is 3. The Morgan fingerprint density at radius 2 is 1.83 bits per heavy atom. The van der Waals surface area contributed by atoms with Crippen LogP contribution in [0.15, 0.2) is 48.5 Å². The molecular formula is C22H21N3O4. The smallest absolute Gasteiger partial charge is 0.335 e. The summed E-state index contributed by atoms with van der Waals surface area (Å²) in [5.74, 6) is -0.329. The van der Waals surface area contributed by atoms with Gasteiger partial charge in [0.2, 0.25) is 5.91 Å².